The molecule has 0 radical (unpaired) electrons. The molecule has 4 heteroatoms. The molecule has 1 saturated carbocycles. The number of fused-ring (bicyclic) bond motifs is 12. The Morgan fingerprint density at radius 2 is 1.07 bits per heavy atom. The SMILES string of the molecule is CC(C)(C)c1ccc2c(c1)C1(C)CCc3ccccc3C1(C)N2c1cc2c3c(c1)N1c4c(cc(-c5ccccc5)cc4C4(C)CCCCC14C)B3c1ccc(-c3ccccc3)cc1N2c1cccc(-c2ccccc2)c1. The molecular weight excluding hydrogens is 918 g/mol. The number of anilines is 7. The molecule has 4 atom stereocenters. The molecule has 76 heavy (non-hydrogen) atoms. The van der Waals surface area contributed by atoms with Gasteiger partial charge in [0.1, 0.15) is 0 Å². The van der Waals surface area contributed by atoms with Gasteiger partial charge in [0.05, 0.1) is 11.1 Å². The second-order valence-electron chi connectivity index (χ2n) is 25.1. The number of rotatable bonds is 5. The van der Waals surface area contributed by atoms with E-state index in [0.717, 1.165) is 25.7 Å². The van der Waals surface area contributed by atoms with Crippen LogP contribution in [0, 0.1) is 0 Å². The van der Waals surface area contributed by atoms with Crippen LogP contribution in [0.4, 0.5) is 39.8 Å². The first-order chi connectivity index (χ1) is 36.8. The van der Waals surface area contributed by atoms with Crippen LogP contribution in [-0.2, 0) is 28.2 Å². The lowest BCUT2D eigenvalue weighted by Gasteiger charge is -2.54. The van der Waals surface area contributed by atoms with E-state index < -0.39 is 0 Å². The molecule has 372 valence electrons. The van der Waals surface area contributed by atoms with Crippen molar-refractivity contribution < 1.29 is 0 Å². The lowest BCUT2D eigenvalue weighted by molar-refractivity contribution is 0.195. The van der Waals surface area contributed by atoms with Crippen molar-refractivity contribution in [3.63, 3.8) is 0 Å². The molecule has 6 aliphatic rings. The summed E-state index contributed by atoms with van der Waals surface area (Å²) < 4.78 is 0. The van der Waals surface area contributed by atoms with Crippen molar-refractivity contribution in [1.29, 1.82) is 0 Å². The highest BCUT2D eigenvalue weighted by Gasteiger charge is 2.63. The third kappa shape index (κ3) is 6.07. The zero-order valence-corrected chi connectivity index (χ0v) is 45.2. The Bertz CT molecular complexity index is 3860. The first-order valence-electron chi connectivity index (χ1n) is 28.2. The van der Waals surface area contributed by atoms with E-state index in [1.807, 2.05) is 0 Å². The van der Waals surface area contributed by atoms with Gasteiger partial charge in [-0.15, -0.1) is 0 Å². The molecular formula is C72H66BN3. The standard InChI is InChI=1S/C72H66BN3/c1-68(2,3)54-33-35-62-58(44-54)70(5)39-36-50-28-17-18-31-57(50)72(70,7)75(62)56-45-64-66-65(46-56)76-67-59(69(4)37-19-20-38-71(69,76)6)41-53(49-26-15-10-16-27-49)42-61(67)73(66)60-34-32-52(48-24-13-9-14-25-48)43-63(60)74(64)55-30-21-29-51(40-55)47-22-11-8-12-23-47/h8-18,21-35,40-46H,19-20,36-39H2,1-7H3. The second kappa shape index (κ2) is 16.0. The maximum Gasteiger partial charge on any atom is 0.252 e. The molecule has 1 fully saturated rings. The van der Waals surface area contributed by atoms with Gasteiger partial charge in [-0.2, -0.15) is 0 Å². The van der Waals surface area contributed by atoms with Crippen molar-refractivity contribution in [3.05, 3.63) is 228 Å². The molecule has 0 amide bonds. The van der Waals surface area contributed by atoms with Crippen molar-refractivity contribution in [2.75, 3.05) is 14.7 Å². The lowest BCUT2D eigenvalue weighted by Crippen LogP contribution is -2.64. The van der Waals surface area contributed by atoms with Crippen LogP contribution >= 0.6 is 0 Å². The van der Waals surface area contributed by atoms with Crippen molar-refractivity contribution in [2.24, 2.45) is 0 Å². The van der Waals surface area contributed by atoms with E-state index in [9.17, 15) is 0 Å². The van der Waals surface area contributed by atoms with E-state index in [1.54, 1.807) is 0 Å². The first kappa shape index (κ1) is 45.8. The van der Waals surface area contributed by atoms with Gasteiger partial charge in [0, 0.05) is 50.6 Å². The van der Waals surface area contributed by atoms with Gasteiger partial charge in [-0.25, -0.2) is 0 Å². The number of benzene rings is 9. The van der Waals surface area contributed by atoms with E-state index in [4.69, 9.17) is 0 Å². The summed E-state index contributed by atoms with van der Waals surface area (Å²) in [5, 5.41) is 0. The molecule has 3 nitrogen and oxygen atoms in total. The normalized spacial score (nSPS) is 23.2. The molecule has 0 spiro atoms. The molecule has 2 aliphatic carbocycles. The van der Waals surface area contributed by atoms with Crippen LogP contribution in [0.3, 0.4) is 0 Å². The van der Waals surface area contributed by atoms with Crippen molar-refractivity contribution in [2.45, 2.75) is 114 Å². The van der Waals surface area contributed by atoms with Gasteiger partial charge in [0.2, 0.25) is 0 Å². The smallest absolute Gasteiger partial charge is 0.252 e. The molecule has 0 saturated heterocycles. The Hall–Kier alpha value is -7.56. The molecule has 4 aliphatic heterocycles. The molecule has 0 aromatic heterocycles. The van der Waals surface area contributed by atoms with E-state index in [-0.39, 0.29) is 34.0 Å². The molecule has 0 N–H and O–H groups in total. The summed E-state index contributed by atoms with van der Waals surface area (Å²) in [7, 11) is 0. The highest BCUT2D eigenvalue weighted by Crippen LogP contribution is 2.67. The summed E-state index contributed by atoms with van der Waals surface area (Å²) >= 11 is 0. The van der Waals surface area contributed by atoms with Crippen LogP contribution in [0.1, 0.15) is 108 Å². The number of hydrogen-bond donors (Lipinski definition) is 0. The predicted molar refractivity (Wildman–Crippen MR) is 322 cm³/mol. The van der Waals surface area contributed by atoms with Gasteiger partial charge in [0.15, 0.2) is 0 Å². The first-order valence-corrected chi connectivity index (χ1v) is 28.2. The van der Waals surface area contributed by atoms with Crippen molar-refractivity contribution in [1.82, 2.24) is 0 Å². The minimum absolute atomic E-state index is 0.00934. The maximum absolute atomic E-state index is 2.93. The van der Waals surface area contributed by atoms with Crippen LogP contribution in [0.2, 0.25) is 0 Å². The fourth-order valence-electron chi connectivity index (χ4n) is 16.0. The molecule has 0 bridgehead atoms. The third-order valence-corrected chi connectivity index (χ3v) is 20.4. The van der Waals surface area contributed by atoms with Gasteiger partial charge >= 0.3 is 0 Å². The molecule has 15 rings (SSSR count). The number of nitrogens with zero attached hydrogens (tertiary/aromatic N) is 3. The van der Waals surface area contributed by atoms with Crippen molar-refractivity contribution >= 4 is 62.9 Å². The highest BCUT2D eigenvalue weighted by atomic mass is 15.3. The molecule has 4 unspecified atom stereocenters. The van der Waals surface area contributed by atoms with E-state index in [2.05, 4.69) is 263 Å². The zero-order valence-electron chi connectivity index (χ0n) is 45.2. The van der Waals surface area contributed by atoms with Crippen LogP contribution < -0.4 is 31.1 Å². The second-order valence-corrected chi connectivity index (χ2v) is 25.1. The summed E-state index contributed by atoms with van der Waals surface area (Å²) in [4.78, 5) is 8.44. The van der Waals surface area contributed by atoms with Gasteiger partial charge < -0.3 is 14.7 Å². The summed E-state index contributed by atoms with van der Waals surface area (Å²) in [5.74, 6) is 0. The monoisotopic (exact) mass is 984 g/mol. The van der Waals surface area contributed by atoms with Crippen LogP contribution in [0.25, 0.3) is 33.4 Å². The average molecular weight is 984 g/mol. The minimum Gasteiger partial charge on any atom is -0.335 e. The third-order valence-electron chi connectivity index (χ3n) is 20.4. The Morgan fingerprint density at radius 3 is 1.79 bits per heavy atom. The average Bonchev–Trinajstić information content (AvgIpc) is 3.90. The van der Waals surface area contributed by atoms with Crippen molar-refractivity contribution in [3.8, 4) is 33.4 Å². The zero-order chi connectivity index (χ0) is 51.5. The lowest BCUT2D eigenvalue weighted by atomic mass is 9.33. The van der Waals surface area contributed by atoms with E-state index in [1.165, 1.54) is 130 Å². The van der Waals surface area contributed by atoms with Crippen LogP contribution in [-0.4, -0.2) is 12.3 Å². The minimum atomic E-state index is -0.386. The quantitative estimate of drug-likeness (QED) is 0.159. The number of aryl methyl sites for hydroxylation is 1. The molecule has 9 aromatic carbocycles. The van der Waals surface area contributed by atoms with E-state index in [0.29, 0.717) is 0 Å². The number of hydrogen-bond acceptors (Lipinski definition) is 3. The fraction of sp³-hybridized carbons (Fsp3) is 0.250. The molecule has 9 aromatic rings. The Morgan fingerprint density at radius 1 is 0.421 bits per heavy atom. The Labute approximate surface area is 451 Å². The highest BCUT2D eigenvalue weighted by molar-refractivity contribution is 7.00. The van der Waals surface area contributed by atoms with E-state index >= 15 is 0 Å². The predicted octanol–water partition coefficient (Wildman–Crippen LogP) is 16.6. The summed E-state index contributed by atoms with van der Waals surface area (Å²) in [5.41, 5.74) is 27.3. The fourth-order valence-corrected chi connectivity index (χ4v) is 16.0. The summed E-state index contributed by atoms with van der Waals surface area (Å²) in [6.45, 7) is 17.6. The van der Waals surface area contributed by atoms with Crippen LogP contribution in [0.15, 0.2) is 200 Å². The van der Waals surface area contributed by atoms with Crippen LogP contribution in [0.5, 0.6) is 0 Å². The Kier molecular flexibility index (Phi) is 9.64. The van der Waals surface area contributed by atoms with Gasteiger partial charge in [-0.3, -0.25) is 0 Å². The maximum atomic E-state index is 2.93. The topological polar surface area (TPSA) is 9.72 Å². The van der Waals surface area contributed by atoms with Gasteiger partial charge in [-0.05, 0) is 165 Å². The van der Waals surface area contributed by atoms with Gasteiger partial charge in [0.25, 0.3) is 6.71 Å². The summed E-state index contributed by atoms with van der Waals surface area (Å²) in [6.07, 6.45) is 6.89. The summed E-state index contributed by atoms with van der Waals surface area (Å²) in [6, 6.07) is 77.4. The largest absolute Gasteiger partial charge is 0.335 e. The molecule has 4 heterocycles. The Balaban J connectivity index is 1.08. The van der Waals surface area contributed by atoms with Gasteiger partial charge in [-0.1, -0.05) is 205 Å².